The van der Waals surface area contributed by atoms with Gasteiger partial charge in [0.05, 0.1) is 34.4 Å². The Labute approximate surface area is 163 Å². The van der Waals surface area contributed by atoms with E-state index in [1.807, 2.05) is 0 Å². The first-order chi connectivity index (χ1) is 14.0. The zero-order valence-electron chi connectivity index (χ0n) is 15.1. The van der Waals surface area contributed by atoms with Gasteiger partial charge in [0, 0.05) is 23.3 Å². The molecule has 4 aromatic rings. The molecule has 0 spiro atoms. The van der Waals surface area contributed by atoms with Gasteiger partial charge in [-0.25, -0.2) is 9.78 Å². The van der Waals surface area contributed by atoms with Crippen LogP contribution in [0.25, 0.3) is 33.5 Å². The average molecular weight is 390 g/mol. The fraction of sp³-hybridized carbons (Fsp3) is 0.0500. The molecule has 2 heterocycles. The van der Waals surface area contributed by atoms with Crippen molar-refractivity contribution in [2.45, 2.75) is 0 Å². The second-order valence-corrected chi connectivity index (χ2v) is 6.19. The Balaban J connectivity index is 1.90. The molecule has 0 amide bonds. The quantitative estimate of drug-likeness (QED) is 0.390. The highest BCUT2D eigenvalue weighted by Crippen LogP contribution is 2.32. The predicted octanol–water partition coefficient (Wildman–Crippen LogP) is 3.91. The summed E-state index contributed by atoms with van der Waals surface area (Å²) in [5.41, 5.74) is 2.04. The maximum atomic E-state index is 12.0. The number of benzene rings is 2. The molecule has 0 bridgehead atoms. The smallest absolute Gasteiger partial charge is 0.336 e. The van der Waals surface area contributed by atoms with E-state index >= 15 is 0 Å². The minimum atomic E-state index is -1.15. The number of aromatic carboxylic acids is 1. The first kappa shape index (κ1) is 18.1. The predicted molar refractivity (Wildman–Crippen MR) is 105 cm³/mol. The molecule has 9 nitrogen and oxygen atoms in total. The molecular weight excluding hydrogens is 376 g/mol. The van der Waals surface area contributed by atoms with Crippen LogP contribution >= 0.6 is 0 Å². The van der Waals surface area contributed by atoms with Gasteiger partial charge in [0.15, 0.2) is 5.65 Å². The lowest BCUT2D eigenvalue weighted by Gasteiger charge is -2.06. The number of ether oxygens (including phenoxy) is 1. The van der Waals surface area contributed by atoms with E-state index < -0.39 is 10.9 Å². The molecule has 144 valence electrons. The highest BCUT2D eigenvalue weighted by Gasteiger charge is 2.20. The molecule has 4 rings (SSSR count). The number of carboxylic acid groups (broad SMARTS) is 1. The number of hydrogen-bond acceptors (Lipinski definition) is 6. The summed E-state index contributed by atoms with van der Waals surface area (Å²) >= 11 is 0. The van der Waals surface area contributed by atoms with Gasteiger partial charge in [-0.1, -0.05) is 12.1 Å². The molecule has 29 heavy (non-hydrogen) atoms. The van der Waals surface area contributed by atoms with Crippen LogP contribution in [-0.4, -0.2) is 38.3 Å². The van der Waals surface area contributed by atoms with Gasteiger partial charge in [-0.2, -0.15) is 5.10 Å². The summed E-state index contributed by atoms with van der Waals surface area (Å²) in [7, 11) is 1.56. The molecular formula is C20H14N4O5. The number of aromatic nitrogens is 3. The molecule has 0 saturated heterocycles. The first-order valence-electron chi connectivity index (χ1n) is 8.49. The van der Waals surface area contributed by atoms with Gasteiger partial charge in [-0.05, 0) is 30.3 Å². The number of hydrogen-bond donors (Lipinski definition) is 2. The van der Waals surface area contributed by atoms with Crippen molar-refractivity contribution in [1.29, 1.82) is 0 Å². The molecule has 0 aliphatic heterocycles. The minimum Gasteiger partial charge on any atom is -0.497 e. The number of carbonyl (C=O) groups is 1. The lowest BCUT2D eigenvalue weighted by Crippen LogP contribution is -2.00. The maximum Gasteiger partial charge on any atom is 0.336 e. The van der Waals surface area contributed by atoms with E-state index in [9.17, 15) is 20.0 Å². The number of non-ortho nitro benzene ring substituents is 1. The number of H-pyrrole nitrogens is 1. The fourth-order valence-corrected chi connectivity index (χ4v) is 3.09. The van der Waals surface area contributed by atoms with Crippen LogP contribution in [0.1, 0.15) is 10.4 Å². The second-order valence-electron chi connectivity index (χ2n) is 6.19. The molecule has 2 aromatic heterocycles. The van der Waals surface area contributed by atoms with Crippen molar-refractivity contribution in [3.63, 3.8) is 0 Å². The van der Waals surface area contributed by atoms with Crippen molar-refractivity contribution >= 4 is 22.7 Å². The minimum absolute atomic E-state index is 0.00364. The van der Waals surface area contributed by atoms with Gasteiger partial charge in [-0.3, -0.25) is 15.2 Å². The summed E-state index contributed by atoms with van der Waals surface area (Å²) in [6.45, 7) is 0. The Kier molecular flexibility index (Phi) is 4.40. The Morgan fingerprint density at radius 2 is 1.90 bits per heavy atom. The lowest BCUT2D eigenvalue weighted by atomic mass is 10.0. The number of methoxy groups -OCH3 is 1. The topological polar surface area (TPSA) is 131 Å². The van der Waals surface area contributed by atoms with Crippen LogP contribution in [0.5, 0.6) is 5.75 Å². The van der Waals surface area contributed by atoms with Crippen molar-refractivity contribution in [3.8, 4) is 28.3 Å². The van der Waals surface area contributed by atoms with Gasteiger partial charge < -0.3 is 9.84 Å². The average Bonchev–Trinajstić information content (AvgIpc) is 3.17. The zero-order valence-corrected chi connectivity index (χ0v) is 15.1. The highest BCUT2D eigenvalue weighted by atomic mass is 16.6. The standard InChI is InChI=1S/C20H14N4O5/c1-29-14-7-5-11(6-8-14)18-17-15(20(25)26)10-16(21-19(17)23-22-18)12-3-2-4-13(9-12)24(27)28/h2-10H,1H3,(H,25,26)(H,21,22,23). The van der Waals surface area contributed by atoms with Crippen molar-refractivity contribution in [1.82, 2.24) is 15.2 Å². The Bertz CT molecular complexity index is 1250. The summed E-state index contributed by atoms with van der Waals surface area (Å²) in [5, 5.41) is 28.2. The molecule has 2 aromatic carbocycles. The number of pyridine rings is 1. The zero-order chi connectivity index (χ0) is 20.5. The number of carboxylic acids is 1. The summed E-state index contributed by atoms with van der Waals surface area (Å²) in [6.07, 6.45) is 0. The number of nitrogens with one attached hydrogen (secondary N) is 1. The van der Waals surface area contributed by atoms with E-state index in [2.05, 4.69) is 15.2 Å². The van der Waals surface area contributed by atoms with Crippen LogP contribution in [0.3, 0.4) is 0 Å². The van der Waals surface area contributed by atoms with Gasteiger partial charge in [-0.15, -0.1) is 0 Å². The van der Waals surface area contributed by atoms with Crippen LogP contribution in [0, 0.1) is 10.1 Å². The summed E-state index contributed by atoms with van der Waals surface area (Å²) in [4.78, 5) is 26.9. The number of nitro benzene ring substituents is 1. The van der Waals surface area contributed by atoms with Crippen LogP contribution in [0.2, 0.25) is 0 Å². The van der Waals surface area contributed by atoms with E-state index in [0.717, 1.165) is 5.56 Å². The van der Waals surface area contributed by atoms with Crippen molar-refractivity contribution < 1.29 is 19.6 Å². The maximum absolute atomic E-state index is 12.0. The molecule has 0 aliphatic carbocycles. The van der Waals surface area contributed by atoms with Gasteiger partial charge in [0.25, 0.3) is 5.69 Å². The normalized spacial score (nSPS) is 10.8. The van der Waals surface area contributed by atoms with Gasteiger partial charge in [0.1, 0.15) is 5.75 Å². The van der Waals surface area contributed by atoms with E-state index in [1.165, 1.54) is 24.3 Å². The van der Waals surface area contributed by atoms with Crippen molar-refractivity contribution in [2.24, 2.45) is 0 Å². The number of rotatable bonds is 5. The fourth-order valence-electron chi connectivity index (χ4n) is 3.09. The van der Waals surface area contributed by atoms with Crippen LogP contribution in [0.15, 0.2) is 54.6 Å². The molecule has 0 fully saturated rings. The monoisotopic (exact) mass is 390 g/mol. The van der Waals surface area contributed by atoms with Crippen molar-refractivity contribution in [3.05, 3.63) is 70.3 Å². The Morgan fingerprint density at radius 3 is 2.55 bits per heavy atom. The number of fused-ring (bicyclic) bond motifs is 1. The van der Waals surface area contributed by atoms with E-state index in [1.54, 1.807) is 37.4 Å². The first-order valence-corrected chi connectivity index (χ1v) is 8.49. The summed E-state index contributed by atoms with van der Waals surface area (Å²) in [6, 6.07) is 14.3. The molecule has 0 radical (unpaired) electrons. The van der Waals surface area contributed by atoms with Crippen LogP contribution in [0.4, 0.5) is 5.69 Å². The molecule has 0 saturated carbocycles. The van der Waals surface area contributed by atoms with Crippen LogP contribution < -0.4 is 4.74 Å². The molecule has 2 N–H and O–H groups in total. The highest BCUT2D eigenvalue weighted by molar-refractivity contribution is 6.08. The summed E-state index contributed by atoms with van der Waals surface area (Å²) in [5.74, 6) is -0.484. The SMILES string of the molecule is COc1ccc(-c2[nH]nc3nc(-c4cccc([N+](=O)[O-])c4)cc(C(=O)O)c23)cc1. The molecule has 0 atom stereocenters. The van der Waals surface area contributed by atoms with E-state index in [-0.39, 0.29) is 22.6 Å². The third kappa shape index (κ3) is 3.25. The van der Waals surface area contributed by atoms with Crippen LogP contribution in [-0.2, 0) is 0 Å². The van der Waals surface area contributed by atoms with E-state index in [0.29, 0.717) is 22.4 Å². The molecule has 9 heteroatoms. The van der Waals surface area contributed by atoms with Gasteiger partial charge in [0.2, 0.25) is 0 Å². The number of nitrogens with zero attached hydrogens (tertiary/aromatic N) is 3. The lowest BCUT2D eigenvalue weighted by molar-refractivity contribution is -0.384. The second kappa shape index (κ2) is 7.04. The third-order valence-electron chi connectivity index (χ3n) is 4.49. The largest absolute Gasteiger partial charge is 0.497 e. The Morgan fingerprint density at radius 1 is 1.14 bits per heavy atom. The van der Waals surface area contributed by atoms with E-state index in [4.69, 9.17) is 4.74 Å². The summed E-state index contributed by atoms with van der Waals surface area (Å²) < 4.78 is 5.15. The Hall–Kier alpha value is -4.27. The third-order valence-corrected chi connectivity index (χ3v) is 4.49. The molecule has 0 aliphatic rings. The number of nitro groups is 1. The van der Waals surface area contributed by atoms with Gasteiger partial charge >= 0.3 is 5.97 Å². The molecule has 0 unspecified atom stereocenters. The number of aromatic amines is 1. The van der Waals surface area contributed by atoms with Crippen molar-refractivity contribution in [2.75, 3.05) is 7.11 Å².